The minimum Gasteiger partial charge on any atom is -0.309 e. The molecule has 0 saturated carbocycles. The Bertz CT molecular complexity index is 376. The highest BCUT2D eigenvalue weighted by Crippen LogP contribution is 2.25. The van der Waals surface area contributed by atoms with Gasteiger partial charge in [-0.15, -0.1) is 0 Å². The highest BCUT2D eigenvalue weighted by atomic mass is 16.6. The first-order valence-corrected chi connectivity index (χ1v) is 4.17. The molecule has 5 heteroatoms. The molecule has 1 rings (SSSR count). The van der Waals surface area contributed by atoms with Crippen LogP contribution in [-0.4, -0.2) is 15.6 Å². The number of rotatable bonds is 3. The Labute approximate surface area is 81.4 Å². The minimum atomic E-state index is -0.470. The summed E-state index contributed by atoms with van der Waals surface area (Å²) in [6.07, 6.45) is 2.72. The van der Waals surface area contributed by atoms with Crippen LogP contribution in [-0.2, 0) is 0 Å². The molecule has 0 aliphatic rings. The number of nitro groups is 1. The first-order valence-electron chi connectivity index (χ1n) is 4.17. The molecule has 0 bridgehead atoms. The summed E-state index contributed by atoms with van der Waals surface area (Å²) in [5.41, 5.74) is 0.920. The monoisotopic (exact) mass is 193 g/mol. The van der Waals surface area contributed by atoms with Crippen LogP contribution >= 0.6 is 0 Å². The van der Waals surface area contributed by atoms with Crippen LogP contribution in [0, 0.1) is 15.5 Å². The summed E-state index contributed by atoms with van der Waals surface area (Å²) in [7, 11) is 0. The van der Waals surface area contributed by atoms with Gasteiger partial charge in [-0.1, -0.05) is 6.92 Å². The maximum Gasteiger partial charge on any atom is 0.291 e. The van der Waals surface area contributed by atoms with Crippen molar-refractivity contribution in [2.24, 2.45) is 0 Å². The average Bonchev–Trinajstić information content (AvgIpc) is 2.16. The normalized spacial score (nSPS) is 12.1. The van der Waals surface area contributed by atoms with Gasteiger partial charge in [0.15, 0.2) is 0 Å². The fourth-order valence-electron chi connectivity index (χ4n) is 1.15. The van der Waals surface area contributed by atoms with E-state index < -0.39 is 4.92 Å². The quantitative estimate of drug-likeness (QED) is 0.453. The van der Waals surface area contributed by atoms with Crippen LogP contribution in [0.25, 0.3) is 0 Å². The molecule has 1 aromatic rings. The van der Waals surface area contributed by atoms with E-state index in [0.717, 1.165) is 0 Å². The van der Waals surface area contributed by atoms with Crippen molar-refractivity contribution >= 4 is 11.4 Å². The van der Waals surface area contributed by atoms with Gasteiger partial charge >= 0.3 is 0 Å². The number of nitrogens with zero attached hydrogens (tertiary/aromatic N) is 2. The van der Waals surface area contributed by atoms with E-state index >= 15 is 0 Å². The zero-order valence-corrected chi connectivity index (χ0v) is 8.02. The molecule has 0 fully saturated rings. The molecule has 1 atom stereocenters. The summed E-state index contributed by atoms with van der Waals surface area (Å²) in [6, 6.07) is 1.58. The van der Waals surface area contributed by atoms with Crippen molar-refractivity contribution in [2.45, 2.75) is 19.8 Å². The third kappa shape index (κ3) is 1.93. The lowest BCUT2D eigenvalue weighted by molar-refractivity contribution is -0.385. The second-order valence-electron chi connectivity index (χ2n) is 3.10. The van der Waals surface area contributed by atoms with Crippen LogP contribution in [0.4, 0.5) is 5.69 Å². The molecule has 0 saturated heterocycles. The average molecular weight is 193 g/mol. The van der Waals surface area contributed by atoms with Gasteiger partial charge in [-0.2, -0.15) is 0 Å². The molecule has 74 valence electrons. The molecule has 5 nitrogen and oxygen atoms in total. The largest absolute Gasteiger partial charge is 0.309 e. The van der Waals surface area contributed by atoms with Gasteiger partial charge in [0.1, 0.15) is 6.20 Å². The Kier molecular flexibility index (Phi) is 2.91. The zero-order chi connectivity index (χ0) is 10.7. The smallest absolute Gasteiger partial charge is 0.291 e. The highest BCUT2D eigenvalue weighted by molar-refractivity contribution is 5.86. The van der Waals surface area contributed by atoms with E-state index in [4.69, 9.17) is 5.41 Å². The van der Waals surface area contributed by atoms with Crippen LogP contribution in [0.5, 0.6) is 0 Å². The fourth-order valence-corrected chi connectivity index (χ4v) is 1.15. The molecular weight excluding hydrogens is 182 g/mol. The Morgan fingerprint density at radius 2 is 2.36 bits per heavy atom. The molecule has 0 aliphatic heterocycles. The van der Waals surface area contributed by atoms with Gasteiger partial charge in [0, 0.05) is 23.4 Å². The van der Waals surface area contributed by atoms with Crippen molar-refractivity contribution in [1.29, 1.82) is 5.41 Å². The van der Waals surface area contributed by atoms with Gasteiger partial charge < -0.3 is 5.41 Å². The number of nitrogens with one attached hydrogen (secondary N) is 1. The lowest BCUT2D eigenvalue weighted by Crippen LogP contribution is -2.06. The van der Waals surface area contributed by atoms with E-state index in [2.05, 4.69) is 4.98 Å². The van der Waals surface area contributed by atoms with Gasteiger partial charge in [0.05, 0.1) is 4.92 Å². The van der Waals surface area contributed by atoms with E-state index in [1.54, 1.807) is 19.9 Å². The van der Waals surface area contributed by atoms with Crippen LogP contribution in [0.3, 0.4) is 0 Å². The van der Waals surface area contributed by atoms with E-state index in [1.807, 2.05) is 0 Å². The molecule has 1 heterocycles. The SMILES string of the molecule is CC(=N)C(C)c1ccncc1[N+](=O)[O-]. The van der Waals surface area contributed by atoms with Gasteiger partial charge in [0.25, 0.3) is 5.69 Å². The summed E-state index contributed by atoms with van der Waals surface area (Å²) < 4.78 is 0. The topological polar surface area (TPSA) is 79.9 Å². The predicted molar refractivity (Wildman–Crippen MR) is 52.7 cm³/mol. The van der Waals surface area contributed by atoms with Gasteiger partial charge in [-0.05, 0) is 13.0 Å². The zero-order valence-electron chi connectivity index (χ0n) is 8.02. The molecule has 0 aromatic carbocycles. The van der Waals surface area contributed by atoms with Crippen LogP contribution in [0.1, 0.15) is 25.3 Å². The van der Waals surface area contributed by atoms with E-state index in [1.165, 1.54) is 12.4 Å². The first kappa shape index (κ1) is 10.3. The molecule has 0 radical (unpaired) electrons. The Hall–Kier alpha value is -1.78. The molecule has 0 spiro atoms. The van der Waals surface area contributed by atoms with Crippen molar-refractivity contribution in [2.75, 3.05) is 0 Å². The maximum absolute atomic E-state index is 10.6. The number of hydrogen-bond donors (Lipinski definition) is 1. The Morgan fingerprint density at radius 3 is 2.86 bits per heavy atom. The lowest BCUT2D eigenvalue weighted by Gasteiger charge is -2.09. The standard InChI is InChI=1S/C9H11N3O2/c1-6(7(2)10)8-3-4-11-5-9(8)12(13)14/h3-6,10H,1-2H3. The van der Waals surface area contributed by atoms with Crippen molar-refractivity contribution < 1.29 is 4.92 Å². The molecule has 0 aliphatic carbocycles. The number of aromatic nitrogens is 1. The van der Waals surface area contributed by atoms with Crippen LogP contribution in [0.15, 0.2) is 18.5 Å². The fraction of sp³-hybridized carbons (Fsp3) is 0.333. The minimum absolute atomic E-state index is 0.0217. The van der Waals surface area contributed by atoms with Crippen LogP contribution < -0.4 is 0 Å². The number of hydrogen-bond acceptors (Lipinski definition) is 4. The van der Waals surface area contributed by atoms with Crippen molar-refractivity contribution in [3.8, 4) is 0 Å². The van der Waals surface area contributed by atoms with E-state index in [-0.39, 0.29) is 11.6 Å². The van der Waals surface area contributed by atoms with Gasteiger partial charge in [-0.3, -0.25) is 15.1 Å². The highest BCUT2D eigenvalue weighted by Gasteiger charge is 2.19. The van der Waals surface area contributed by atoms with E-state index in [0.29, 0.717) is 11.3 Å². The van der Waals surface area contributed by atoms with Crippen molar-refractivity contribution in [3.05, 3.63) is 34.1 Å². The maximum atomic E-state index is 10.6. The van der Waals surface area contributed by atoms with E-state index in [9.17, 15) is 10.1 Å². The van der Waals surface area contributed by atoms with Crippen molar-refractivity contribution in [3.63, 3.8) is 0 Å². The van der Waals surface area contributed by atoms with Crippen molar-refractivity contribution in [1.82, 2.24) is 4.98 Å². The second-order valence-corrected chi connectivity index (χ2v) is 3.10. The predicted octanol–water partition coefficient (Wildman–Crippen LogP) is 2.13. The summed E-state index contributed by atoms with van der Waals surface area (Å²) in [6.45, 7) is 3.40. The first-order chi connectivity index (χ1) is 6.54. The molecule has 1 aromatic heterocycles. The Balaban J connectivity index is 3.19. The Morgan fingerprint density at radius 1 is 1.71 bits per heavy atom. The summed E-state index contributed by atoms with van der Waals surface area (Å²) >= 11 is 0. The molecule has 0 amide bonds. The second kappa shape index (κ2) is 3.95. The third-order valence-electron chi connectivity index (χ3n) is 2.15. The molecule has 1 N–H and O–H groups in total. The van der Waals surface area contributed by atoms with Gasteiger partial charge in [0.2, 0.25) is 0 Å². The number of pyridine rings is 1. The molecule has 1 unspecified atom stereocenters. The summed E-state index contributed by atoms with van der Waals surface area (Å²) in [5, 5.41) is 18.1. The van der Waals surface area contributed by atoms with Crippen LogP contribution in [0.2, 0.25) is 0 Å². The molecular formula is C9H11N3O2. The lowest BCUT2D eigenvalue weighted by atomic mass is 9.97. The molecule has 14 heavy (non-hydrogen) atoms. The summed E-state index contributed by atoms with van der Waals surface area (Å²) in [4.78, 5) is 13.9. The van der Waals surface area contributed by atoms with Gasteiger partial charge in [-0.25, -0.2) is 0 Å². The summed E-state index contributed by atoms with van der Waals surface area (Å²) in [5.74, 6) is -0.238. The third-order valence-corrected chi connectivity index (χ3v) is 2.15.